The van der Waals surface area contributed by atoms with Crippen molar-refractivity contribution in [3.05, 3.63) is 108 Å². The topological polar surface area (TPSA) is 340 Å². The number of alkyl carbamates (subject to hydrolysis) is 5. The Balaban J connectivity index is 1.51. The molecular formula is C70H102N6O21. The average Bonchev–Trinajstić information content (AvgIpc) is 0.760. The second-order valence-electron chi connectivity index (χ2n) is 29.2. The molecule has 3 aliphatic rings. The monoisotopic (exact) mass is 1360 g/mol. The van der Waals surface area contributed by atoms with Crippen molar-refractivity contribution < 1.29 is 100 Å². The zero-order valence-electron chi connectivity index (χ0n) is 58.9. The van der Waals surface area contributed by atoms with Crippen molar-refractivity contribution in [1.29, 1.82) is 0 Å². The van der Waals surface area contributed by atoms with Crippen LogP contribution in [0.3, 0.4) is 0 Å². The normalized spacial score (nSPS) is 24.3. The summed E-state index contributed by atoms with van der Waals surface area (Å²) in [5.74, 6) is -2.68. The second-order valence-corrected chi connectivity index (χ2v) is 29.2. The van der Waals surface area contributed by atoms with Crippen LogP contribution in [-0.2, 0) is 76.8 Å². The van der Waals surface area contributed by atoms with Crippen LogP contribution in [-0.4, -0.2) is 181 Å². The molecule has 7 N–H and O–H groups in total. The van der Waals surface area contributed by atoms with E-state index in [1.165, 1.54) is 0 Å². The summed E-state index contributed by atoms with van der Waals surface area (Å²) < 4.78 is 74.4. The number of rotatable bonds is 22. The largest absolute Gasteiger partial charge is 0.455 e. The number of hydrogen-bond acceptors (Lipinski definition) is 21. The van der Waals surface area contributed by atoms with Gasteiger partial charge < -0.3 is 93.8 Å². The molecule has 27 nitrogen and oxygen atoms in total. The molecule has 3 aromatic carbocycles. The van der Waals surface area contributed by atoms with Crippen LogP contribution in [0, 0.1) is 0 Å². The highest BCUT2D eigenvalue weighted by Crippen LogP contribution is 2.42. The first-order chi connectivity index (χ1) is 45.2. The third-order valence-corrected chi connectivity index (χ3v) is 14.8. The molecule has 6 rings (SSSR count). The number of carbonyl (C=O) groups excluding carboxylic acids is 8. The van der Waals surface area contributed by atoms with Crippen molar-refractivity contribution in [1.82, 2.24) is 31.9 Å². The van der Waals surface area contributed by atoms with Gasteiger partial charge in [-0.3, -0.25) is 14.4 Å². The van der Waals surface area contributed by atoms with Crippen LogP contribution in [0.5, 0.6) is 0 Å². The summed E-state index contributed by atoms with van der Waals surface area (Å²) in [5.41, 5.74) is -3.89. The Labute approximate surface area is 568 Å². The Hall–Kier alpha value is -7.82. The average molecular weight is 1360 g/mol. The Morgan fingerprint density at radius 1 is 0.474 bits per heavy atom. The van der Waals surface area contributed by atoms with Crippen LogP contribution in [0.2, 0.25) is 0 Å². The Morgan fingerprint density at radius 3 is 1.32 bits per heavy atom. The fourth-order valence-corrected chi connectivity index (χ4v) is 11.2. The van der Waals surface area contributed by atoms with Gasteiger partial charge >= 0.3 is 42.4 Å². The minimum atomic E-state index is -2.04. The number of aliphatic hydroxyl groups excluding tert-OH is 1. The predicted molar refractivity (Wildman–Crippen MR) is 352 cm³/mol. The van der Waals surface area contributed by atoms with Crippen molar-refractivity contribution in [3.63, 3.8) is 0 Å². The maximum absolute atomic E-state index is 15.0. The summed E-state index contributed by atoms with van der Waals surface area (Å²) in [6.45, 7) is 26.6. The molecule has 1 aliphatic carbocycles. The SMILES string of the molecule is CC(=O)OC1[C@@H](O[C@@H]2C(O)C(O[C@H]3OC(CNC(=O)OC(C)(C)C)CCC3NC(=O)OC(C)(C)C)[C@H](NC(=O)OC(C)(C)C)C[C@H]2NC(=O)[C@H](CCNC(=O)OC(C)(C)C)OC(C)=O)OC(COC(c2ccccc2)(c2ccccc2)c2ccccc2)C[C@@H]1NC(=O)OC(C)(C)C. The van der Waals surface area contributed by atoms with E-state index >= 15 is 0 Å². The van der Waals surface area contributed by atoms with Crippen LogP contribution in [0.25, 0.3) is 0 Å². The molecule has 2 heterocycles. The zero-order valence-corrected chi connectivity index (χ0v) is 58.9. The fraction of sp³-hybridized carbons (Fsp3) is 0.629. The lowest BCUT2D eigenvalue weighted by Gasteiger charge is -2.49. The van der Waals surface area contributed by atoms with Gasteiger partial charge in [0.05, 0.1) is 43.0 Å². The lowest BCUT2D eigenvalue weighted by molar-refractivity contribution is -0.307. The summed E-state index contributed by atoms with van der Waals surface area (Å²) in [7, 11) is 0. The van der Waals surface area contributed by atoms with Gasteiger partial charge in [0.1, 0.15) is 51.9 Å². The standard InChI is InChI=1S/C70H102N6O21/c1-41(77)87-52(35-36-71-60(81)93-65(3,4)5)57(80)73-50-38-51(76-64(85)97-69(15,16)17)55(91-58-48(74-62(83)95-67(9,10)11)34-33-46(89-58)39-72-61(82)94-66(6,7)8)53(79)54(50)92-59-56(88-42(2)78)49(75-63(84)96-68(12,13)14)37-47(90-59)40-86-70(43-27-21-18-22-28-43,44-29-23-19-24-30-44)45-31-25-20-26-32-45/h18-32,46-56,58-59,79H,33-40H2,1-17H3,(H,71,81)(H,72,82)(H,73,80)(H,74,83)(H,75,84)(H,76,85)/t46?,47?,48?,49-,50+,51+,52-,53?,54-,55?,56?,58+,59+/m0/s1. The molecule has 6 amide bonds. The van der Waals surface area contributed by atoms with Gasteiger partial charge in [-0.05, 0) is 140 Å². The lowest BCUT2D eigenvalue weighted by Crippen LogP contribution is -2.69. The zero-order chi connectivity index (χ0) is 71.8. The molecule has 2 aliphatic heterocycles. The fourth-order valence-electron chi connectivity index (χ4n) is 11.2. The quantitative estimate of drug-likeness (QED) is 0.0281. The Morgan fingerprint density at radius 2 is 0.876 bits per heavy atom. The third kappa shape index (κ3) is 25.2. The van der Waals surface area contributed by atoms with Crippen molar-refractivity contribution >= 4 is 48.3 Å². The highest BCUT2D eigenvalue weighted by atomic mass is 16.7. The first-order valence-corrected chi connectivity index (χ1v) is 32.8. The minimum absolute atomic E-state index is 0.108. The Bertz CT molecular complexity index is 2990. The molecule has 3 fully saturated rings. The van der Waals surface area contributed by atoms with E-state index in [1.54, 1.807) is 104 Å². The van der Waals surface area contributed by atoms with Gasteiger partial charge in [-0.2, -0.15) is 0 Å². The van der Waals surface area contributed by atoms with Crippen molar-refractivity contribution in [2.24, 2.45) is 0 Å². The van der Waals surface area contributed by atoms with E-state index in [1.807, 2.05) is 91.0 Å². The van der Waals surface area contributed by atoms with E-state index in [2.05, 4.69) is 31.9 Å². The molecule has 0 aromatic heterocycles. The molecule has 97 heavy (non-hydrogen) atoms. The van der Waals surface area contributed by atoms with Crippen LogP contribution in [0.4, 0.5) is 24.0 Å². The lowest BCUT2D eigenvalue weighted by atomic mass is 9.80. The molecule has 13 atom stereocenters. The van der Waals surface area contributed by atoms with Gasteiger partial charge in [0, 0.05) is 39.8 Å². The molecule has 1 saturated carbocycles. The molecule has 0 radical (unpaired) electrons. The van der Waals surface area contributed by atoms with E-state index in [0.29, 0.717) is 0 Å². The first-order valence-electron chi connectivity index (χ1n) is 32.8. The van der Waals surface area contributed by atoms with E-state index < -0.39 is 168 Å². The van der Waals surface area contributed by atoms with Gasteiger partial charge in [0.2, 0.25) is 0 Å². The molecule has 27 heteroatoms. The van der Waals surface area contributed by atoms with Crippen molar-refractivity contribution in [2.45, 2.75) is 263 Å². The molecule has 538 valence electrons. The van der Waals surface area contributed by atoms with Crippen LogP contribution >= 0.6 is 0 Å². The van der Waals surface area contributed by atoms with Crippen molar-refractivity contribution in [2.75, 3.05) is 19.7 Å². The number of nitrogens with one attached hydrogen (secondary N) is 6. The summed E-state index contributed by atoms with van der Waals surface area (Å²) in [4.78, 5) is 109. The van der Waals surface area contributed by atoms with Gasteiger partial charge in [-0.15, -0.1) is 0 Å². The van der Waals surface area contributed by atoms with Crippen LogP contribution < -0.4 is 31.9 Å². The van der Waals surface area contributed by atoms with Crippen LogP contribution in [0.1, 0.15) is 166 Å². The van der Waals surface area contributed by atoms with E-state index in [9.17, 15) is 43.5 Å². The van der Waals surface area contributed by atoms with E-state index in [-0.39, 0.29) is 45.4 Å². The predicted octanol–water partition coefficient (Wildman–Crippen LogP) is 8.62. The van der Waals surface area contributed by atoms with Crippen LogP contribution in [0.15, 0.2) is 91.0 Å². The molecule has 0 bridgehead atoms. The van der Waals surface area contributed by atoms with E-state index in [0.717, 1.165) is 30.5 Å². The number of hydrogen-bond donors (Lipinski definition) is 7. The maximum atomic E-state index is 15.0. The summed E-state index contributed by atoms with van der Waals surface area (Å²) in [5, 5.41) is 30.1. The molecule has 6 unspecified atom stereocenters. The minimum Gasteiger partial charge on any atom is -0.455 e. The smallest absolute Gasteiger partial charge is 0.408 e. The van der Waals surface area contributed by atoms with E-state index in [4.69, 9.17) is 56.8 Å². The van der Waals surface area contributed by atoms with Gasteiger partial charge in [0.15, 0.2) is 24.8 Å². The number of ether oxygens (including phenoxy) is 12. The Kier molecular flexibility index (Phi) is 27.1. The number of amides is 6. The number of carbonyl (C=O) groups is 8. The van der Waals surface area contributed by atoms with Gasteiger partial charge in [-0.25, -0.2) is 24.0 Å². The molecule has 3 aromatic rings. The number of esters is 2. The molecule has 2 saturated heterocycles. The summed E-state index contributed by atoms with van der Waals surface area (Å²) in [6.07, 6.45) is -18.7. The van der Waals surface area contributed by atoms with Crippen molar-refractivity contribution in [3.8, 4) is 0 Å². The number of benzene rings is 3. The summed E-state index contributed by atoms with van der Waals surface area (Å²) in [6, 6.07) is 23.4. The summed E-state index contributed by atoms with van der Waals surface area (Å²) >= 11 is 0. The number of aliphatic hydroxyl groups is 1. The highest BCUT2D eigenvalue weighted by Gasteiger charge is 2.54. The van der Waals surface area contributed by atoms with Gasteiger partial charge in [0.25, 0.3) is 5.91 Å². The second kappa shape index (κ2) is 33.6. The molecule has 0 spiro atoms. The van der Waals surface area contributed by atoms with Gasteiger partial charge in [-0.1, -0.05) is 91.0 Å². The first kappa shape index (κ1) is 78.2. The molecular weight excluding hydrogens is 1260 g/mol. The third-order valence-electron chi connectivity index (χ3n) is 14.8. The maximum Gasteiger partial charge on any atom is 0.408 e. The highest BCUT2D eigenvalue weighted by molar-refractivity contribution is 5.84.